The van der Waals surface area contributed by atoms with Crippen molar-refractivity contribution in [2.45, 2.75) is 19.9 Å². The average molecular weight is 285 g/mol. The minimum atomic E-state index is -0.952. The highest BCUT2D eigenvalue weighted by molar-refractivity contribution is 5.99. The lowest BCUT2D eigenvalue weighted by molar-refractivity contribution is -0.385. The molecule has 8 heteroatoms. The summed E-state index contributed by atoms with van der Waals surface area (Å²) in [6.07, 6.45) is 0. The lowest BCUT2D eigenvalue weighted by Gasteiger charge is -2.25. The summed E-state index contributed by atoms with van der Waals surface area (Å²) < 4.78 is 13.3. The van der Waals surface area contributed by atoms with Gasteiger partial charge in [0.05, 0.1) is 23.3 Å². The molecule has 0 unspecified atom stereocenters. The fourth-order valence-electron chi connectivity index (χ4n) is 1.76. The number of aliphatic hydroxyl groups is 1. The highest BCUT2D eigenvalue weighted by atomic mass is 19.1. The normalized spacial score (nSPS) is 10.7. The van der Waals surface area contributed by atoms with Crippen molar-refractivity contribution < 1.29 is 19.2 Å². The fraction of sp³-hybridized carbons (Fsp3) is 0.417. The van der Waals surface area contributed by atoms with Gasteiger partial charge in [0.1, 0.15) is 5.56 Å². The molecule has 0 radical (unpaired) electrons. The molecule has 0 aliphatic carbocycles. The minimum absolute atomic E-state index is 0.0188. The van der Waals surface area contributed by atoms with E-state index < -0.39 is 22.3 Å². The number of nitrogen functional groups attached to an aromatic ring is 1. The molecule has 1 rings (SSSR count). The zero-order valence-electron chi connectivity index (χ0n) is 11.2. The van der Waals surface area contributed by atoms with Crippen molar-refractivity contribution >= 4 is 17.3 Å². The molecule has 1 aromatic carbocycles. The van der Waals surface area contributed by atoms with Gasteiger partial charge in [-0.3, -0.25) is 14.9 Å². The summed E-state index contributed by atoms with van der Waals surface area (Å²) in [7, 11) is 0. The molecule has 0 saturated carbocycles. The van der Waals surface area contributed by atoms with Gasteiger partial charge in [0.25, 0.3) is 11.6 Å². The quantitative estimate of drug-likeness (QED) is 0.479. The van der Waals surface area contributed by atoms with Crippen molar-refractivity contribution in [1.29, 1.82) is 0 Å². The summed E-state index contributed by atoms with van der Waals surface area (Å²) in [5.74, 6) is -1.63. The largest absolute Gasteiger partial charge is 0.396 e. The predicted octanol–water partition coefficient (Wildman–Crippen LogP) is 1.16. The average Bonchev–Trinajstić information content (AvgIpc) is 2.37. The third kappa shape index (κ3) is 3.21. The second-order valence-electron chi connectivity index (χ2n) is 4.46. The number of anilines is 1. The Bertz CT molecular complexity index is 534. The van der Waals surface area contributed by atoms with E-state index in [1.165, 1.54) is 4.90 Å². The maximum atomic E-state index is 13.3. The number of nitro benzene ring substituents is 1. The molecule has 0 heterocycles. The van der Waals surface area contributed by atoms with E-state index in [1.54, 1.807) is 13.8 Å². The molecule has 0 bridgehead atoms. The van der Waals surface area contributed by atoms with E-state index in [9.17, 15) is 19.3 Å². The number of halogens is 1. The maximum absolute atomic E-state index is 13.3. The maximum Gasteiger partial charge on any atom is 0.285 e. The van der Waals surface area contributed by atoms with Crippen LogP contribution in [-0.2, 0) is 0 Å². The van der Waals surface area contributed by atoms with Gasteiger partial charge in [-0.1, -0.05) is 0 Å². The monoisotopic (exact) mass is 285 g/mol. The Morgan fingerprint density at radius 3 is 2.60 bits per heavy atom. The number of carbonyl (C=O) groups is 1. The van der Waals surface area contributed by atoms with Crippen LogP contribution >= 0.6 is 0 Å². The first-order valence-electron chi connectivity index (χ1n) is 5.94. The Morgan fingerprint density at radius 1 is 1.55 bits per heavy atom. The molecule has 1 amide bonds. The van der Waals surface area contributed by atoms with Gasteiger partial charge in [-0.2, -0.15) is 0 Å². The second-order valence-corrected chi connectivity index (χ2v) is 4.46. The number of nitrogens with two attached hydrogens (primary N) is 1. The molecule has 0 spiro atoms. The minimum Gasteiger partial charge on any atom is -0.396 e. The van der Waals surface area contributed by atoms with Crippen molar-refractivity contribution in [2.24, 2.45) is 0 Å². The molecule has 20 heavy (non-hydrogen) atoms. The molecular formula is C12H16FN3O4. The number of hydrogen-bond donors (Lipinski definition) is 2. The van der Waals surface area contributed by atoms with Crippen LogP contribution in [0.4, 0.5) is 15.8 Å². The van der Waals surface area contributed by atoms with E-state index in [4.69, 9.17) is 10.8 Å². The summed E-state index contributed by atoms with van der Waals surface area (Å²) in [4.78, 5) is 23.6. The van der Waals surface area contributed by atoms with Crippen molar-refractivity contribution in [3.8, 4) is 0 Å². The van der Waals surface area contributed by atoms with Gasteiger partial charge in [0.2, 0.25) is 0 Å². The summed E-state index contributed by atoms with van der Waals surface area (Å²) in [5.41, 5.74) is 4.08. The van der Waals surface area contributed by atoms with Crippen molar-refractivity contribution in [3.05, 3.63) is 33.6 Å². The topological polar surface area (TPSA) is 110 Å². The number of aliphatic hydroxyl groups excluding tert-OH is 1. The molecule has 0 aliphatic rings. The highest BCUT2D eigenvalue weighted by Crippen LogP contribution is 2.26. The number of hydrogen-bond acceptors (Lipinski definition) is 5. The van der Waals surface area contributed by atoms with Crippen LogP contribution in [0.5, 0.6) is 0 Å². The van der Waals surface area contributed by atoms with Crippen LogP contribution in [0.15, 0.2) is 12.1 Å². The van der Waals surface area contributed by atoms with Gasteiger partial charge in [-0.25, -0.2) is 4.39 Å². The Labute approximate surface area is 114 Å². The van der Waals surface area contributed by atoms with E-state index in [2.05, 4.69) is 0 Å². The number of rotatable bonds is 5. The molecule has 0 fully saturated rings. The van der Waals surface area contributed by atoms with Gasteiger partial charge in [0, 0.05) is 12.6 Å². The molecule has 0 saturated heterocycles. The highest BCUT2D eigenvalue weighted by Gasteiger charge is 2.27. The zero-order chi connectivity index (χ0) is 15.4. The van der Waals surface area contributed by atoms with Gasteiger partial charge < -0.3 is 15.7 Å². The number of nitrogens with zero attached hydrogens (tertiary/aromatic N) is 2. The molecule has 0 aromatic heterocycles. The van der Waals surface area contributed by atoms with E-state index in [0.29, 0.717) is 6.07 Å². The van der Waals surface area contributed by atoms with Crippen molar-refractivity contribution in [3.63, 3.8) is 0 Å². The molecular weight excluding hydrogens is 269 g/mol. The van der Waals surface area contributed by atoms with Crippen LogP contribution in [-0.4, -0.2) is 40.0 Å². The van der Waals surface area contributed by atoms with E-state index in [1.807, 2.05) is 0 Å². The molecule has 0 atom stereocenters. The summed E-state index contributed by atoms with van der Waals surface area (Å²) >= 11 is 0. The summed E-state index contributed by atoms with van der Waals surface area (Å²) in [6, 6.07) is 1.29. The number of nitro groups is 1. The number of carbonyl (C=O) groups excluding carboxylic acids is 1. The van der Waals surface area contributed by atoms with Crippen LogP contribution in [0.1, 0.15) is 24.2 Å². The summed E-state index contributed by atoms with van der Waals surface area (Å²) in [5, 5.41) is 19.9. The van der Waals surface area contributed by atoms with Gasteiger partial charge in [-0.15, -0.1) is 0 Å². The molecule has 7 nitrogen and oxygen atoms in total. The van der Waals surface area contributed by atoms with E-state index >= 15 is 0 Å². The van der Waals surface area contributed by atoms with Gasteiger partial charge in [-0.05, 0) is 19.9 Å². The molecule has 110 valence electrons. The Hall–Kier alpha value is -2.22. The van der Waals surface area contributed by atoms with Crippen molar-refractivity contribution in [2.75, 3.05) is 18.9 Å². The van der Waals surface area contributed by atoms with Crippen LogP contribution < -0.4 is 5.73 Å². The first kappa shape index (κ1) is 15.8. The molecule has 3 N–H and O–H groups in total. The second kappa shape index (κ2) is 6.29. The number of amides is 1. The third-order valence-corrected chi connectivity index (χ3v) is 2.77. The van der Waals surface area contributed by atoms with Crippen LogP contribution in [0, 0.1) is 15.9 Å². The lowest BCUT2D eigenvalue weighted by atomic mass is 10.1. The van der Waals surface area contributed by atoms with Crippen LogP contribution in [0.25, 0.3) is 0 Å². The first-order valence-corrected chi connectivity index (χ1v) is 5.94. The summed E-state index contributed by atoms with van der Waals surface area (Å²) in [6.45, 7) is 3.14. The van der Waals surface area contributed by atoms with E-state index in [0.717, 1.165) is 6.07 Å². The Morgan fingerprint density at radius 2 is 2.15 bits per heavy atom. The SMILES string of the molecule is CC(C)N(CCO)C(=O)c1cc(N)c(F)cc1[N+](=O)[O-]. The van der Waals surface area contributed by atoms with Gasteiger partial charge in [0.15, 0.2) is 5.82 Å². The molecule has 0 aliphatic heterocycles. The lowest BCUT2D eigenvalue weighted by Crippen LogP contribution is -2.39. The van der Waals surface area contributed by atoms with Gasteiger partial charge >= 0.3 is 0 Å². The zero-order valence-corrected chi connectivity index (χ0v) is 11.2. The van der Waals surface area contributed by atoms with E-state index in [-0.39, 0.29) is 30.4 Å². The smallest absolute Gasteiger partial charge is 0.285 e. The van der Waals surface area contributed by atoms with Crippen LogP contribution in [0.2, 0.25) is 0 Å². The first-order chi connectivity index (χ1) is 9.29. The van der Waals surface area contributed by atoms with Crippen LogP contribution in [0.3, 0.4) is 0 Å². The Kier molecular flexibility index (Phi) is 4.98. The number of benzene rings is 1. The fourth-order valence-corrected chi connectivity index (χ4v) is 1.76. The predicted molar refractivity (Wildman–Crippen MR) is 70.7 cm³/mol. The standard InChI is InChI=1S/C12H16FN3O4/c1-7(2)15(3-4-17)12(18)8-5-10(14)9(13)6-11(8)16(19)20/h5-7,17H,3-4,14H2,1-2H3. The Balaban J connectivity index is 3.33. The third-order valence-electron chi connectivity index (χ3n) is 2.77. The van der Waals surface area contributed by atoms with Crippen molar-refractivity contribution in [1.82, 2.24) is 4.90 Å². The molecule has 1 aromatic rings.